The van der Waals surface area contributed by atoms with Gasteiger partial charge in [-0.15, -0.1) is 0 Å². The average molecular weight is 510 g/mol. The molecule has 1 N–H and O–H groups in total. The second kappa shape index (κ2) is 18.2. The molecule has 7 heteroatoms. The first kappa shape index (κ1) is 32.9. The Morgan fingerprint density at radius 1 is 0.649 bits per heavy atom. The summed E-state index contributed by atoms with van der Waals surface area (Å²) in [4.78, 5) is 33.6. The molecule has 0 unspecified atom stereocenters. The molecule has 3 aromatic carbocycles. The Morgan fingerprint density at radius 2 is 1.14 bits per heavy atom. The molecule has 0 aromatic heterocycles. The van der Waals surface area contributed by atoms with E-state index >= 15 is 0 Å². The summed E-state index contributed by atoms with van der Waals surface area (Å²) in [7, 11) is 2.66. The molecule has 0 spiro atoms. The Labute approximate surface area is 220 Å². The predicted molar refractivity (Wildman–Crippen MR) is 149 cm³/mol. The van der Waals surface area contributed by atoms with Crippen LogP contribution in [0.3, 0.4) is 0 Å². The van der Waals surface area contributed by atoms with Crippen LogP contribution in [0.4, 0.5) is 11.4 Å². The number of ether oxygens (including phenoxy) is 3. The number of esters is 3. The van der Waals surface area contributed by atoms with E-state index in [-0.39, 0.29) is 17.3 Å². The highest BCUT2D eigenvalue weighted by molar-refractivity contribution is 5.96. The molecule has 0 amide bonds. The Balaban J connectivity index is 0.000000640. The van der Waals surface area contributed by atoms with Crippen molar-refractivity contribution in [3.05, 3.63) is 89.0 Å². The van der Waals surface area contributed by atoms with Gasteiger partial charge in [-0.05, 0) is 55.3 Å². The fourth-order valence-electron chi connectivity index (χ4n) is 2.90. The average Bonchev–Trinajstić information content (AvgIpc) is 2.93. The largest absolute Gasteiger partial charge is 0.465 e. The van der Waals surface area contributed by atoms with Crippen LogP contribution in [0.1, 0.15) is 66.5 Å². The van der Waals surface area contributed by atoms with Crippen molar-refractivity contribution in [1.29, 1.82) is 0 Å². The highest BCUT2D eigenvalue weighted by Gasteiger charge is 2.13. The van der Waals surface area contributed by atoms with Gasteiger partial charge in [0.05, 0.1) is 25.5 Å². The van der Waals surface area contributed by atoms with Crippen molar-refractivity contribution in [2.24, 2.45) is 0 Å². The molecule has 37 heavy (non-hydrogen) atoms. The third-order valence-electron chi connectivity index (χ3n) is 4.75. The number of anilines is 2. The van der Waals surface area contributed by atoms with Crippen molar-refractivity contribution in [2.45, 2.75) is 48.5 Å². The van der Waals surface area contributed by atoms with E-state index in [0.717, 1.165) is 11.4 Å². The summed E-state index contributed by atoms with van der Waals surface area (Å²) >= 11 is 0. The number of para-hydroxylation sites is 2. The SMILES string of the molecule is CC.CC.COC(=O)c1ccccc1Nc1cccc(C)c1C.COC(=O)c1ccccc1OC(C)=O. The van der Waals surface area contributed by atoms with Crippen LogP contribution in [-0.4, -0.2) is 32.1 Å². The molecule has 0 fully saturated rings. The zero-order valence-corrected chi connectivity index (χ0v) is 23.3. The highest BCUT2D eigenvalue weighted by atomic mass is 16.5. The summed E-state index contributed by atoms with van der Waals surface area (Å²) in [5, 5.41) is 3.30. The molecule has 7 nitrogen and oxygen atoms in total. The van der Waals surface area contributed by atoms with E-state index in [1.807, 2.05) is 58.0 Å². The molecular formula is C30H39NO6. The van der Waals surface area contributed by atoms with Crippen LogP contribution >= 0.6 is 0 Å². The lowest BCUT2D eigenvalue weighted by Crippen LogP contribution is -2.08. The second-order valence-corrected chi connectivity index (χ2v) is 6.99. The monoisotopic (exact) mass is 509 g/mol. The quantitative estimate of drug-likeness (QED) is 0.285. The molecule has 0 aliphatic heterocycles. The lowest BCUT2D eigenvalue weighted by molar-refractivity contribution is -0.131. The topological polar surface area (TPSA) is 90.9 Å². The van der Waals surface area contributed by atoms with Crippen molar-refractivity contribution in [3.63, 3.8) is 0 Å². The van der Waals surface area contributed by atoms with Gasteiger partial charge in [0.2, 0.25) is 0 Å². The summed E-state index contributed by atoms with van der Waals surface area (Å²) in [5.74, 6) is -1.12. The molecule has 0 atom stereocenters. The zero-order chi connectivity index (χ0) is 28.4. The minimum atomic E-state index is -0.526. The molecule has 0 saturated heterocycles. The maximum atomic E-state index is 11.7. The normalized spacial score (nSPS) is 9.00. The van der Waals surface area contributed by atoms with Crippen molar-refractivity contribution < 1.29 is 28.6 Å². The standard InChI is InChI=1S/C16H17NO2.C10H10O4.2C2H6/c1-11-7-6-10-14(12(11)2)17-15-9-5-4-8-13(15)16(18)19-3;1-7(11)14-9-6-4-3-5-8(9)10(12)13-2;2*1-2/h4-10,17H,1-3H3;3-6H,1-2H3;2*1-2H3. The maximum absolute atomic E-state index is 11.7. The number of aryl methyl sites for hydroxylation is 1. The van der Waals surface area contributed by atoms with Crippen LogP contribution in [0.5, 0.6) is 5.75 Å². The van der Waals surface area contributed by atoms with Gasteiger partial charge in [0.1, 0.15) is 11.3 Å². The number of hydrogen-bond acceptors (Lipinski definition) is 7. The summed E-state index contributed by atoms with van der Waals surface area (Å²) in [6, 6.07) is 19.8. The van der Waals surface area contributed by atoms with E-state index in [1.165, 1.54) is 44.4 Å². The van der Waals surface area contributed by atoms with E-state index in [4.69, 9.17) is 9.47 Å². The van der Waals surface area contributed by atoms with Crippen LogP contribution in [-0.2, 0) is 14.3 Å². The molecule has 0 aliphatic carbocycles. The fraction of sp³-hybridized carbons (Fsp3) is 0.300. The summed E-state index contributed by atoms with van der Waals surface area (Å²) in [6.45, 7) is 13.4. The van der Waals surface area contributed by atoms with Gasteiger partial charge < -0.3 is 19.5 Å². The summed E-state index contributed by atoms with van der Waals surface area (Å²) in [5.41, 5.74) is 4.90. The molecule has 0 radical (unpaired) electrons. The van der Waals surface area contributed by atoms with Gasteiger partial charge in [-0.25, -0.2) is 9.59 Å². The van der Waals surface area contributed by atoms with Gasteiger partial charge in [-0.1, -0.05) is 64.1 Å². The van der Waals surface area contributed by atoms with Crippen molar-refractivity contribution in [3.8, 4) is 5.75 Å². The number of methoxy groups -OCH3 is 2. The van der Waals surface area contributed by atoms with Crippen molar-refractivity contribution in [2.75, 3.05) is 19.5 Å². The van der Waals surface area contributed by atoms with Crippen LogP contribution in [0.25, 0.3) is 0 Å². The number of rotatable bonds is 5. The Hall–Kier alpha value is -4.13. The van der Waals surface area contributed by atoms with Gasteiger partial charge in [-0.2, -0.15) is 0 Å². The van der Waals surface area contributed by atoms with Crippen LogP contribution in [0.2, 0.25) is 0 Å². The third-order valence-corrected chi connectivity index (χ3v) is 4.75. The number of hydrogen-bond donors (Lipinski definition) is 1. The van der Waals surface area contributed by atoms with Crippen molar-refractivity contribution >= 4 is 29.3 Å². The lowest BCUT2D eigenvalue weighted by atomic mass is 10.1. The van der Waals surface area contributed by atoms with Gasteiger partial charge in [0.15, 0.2) is 0 Å². The number of benzene rings is 3. The molecule has 0 heterocycles. The van der Waals surface area contributed by atoms with Gasteiger partial charge in [0, 0.05) is 12.6 Å². The molecule has 200 valence electrons. The van der Waals surface area contributed by atoms with Gasteiger partial charge in [0.25, 0.3) is 0 Å². The van der Waals surface area contributed by atoms with Gasteiger partial charge in [-0.3, -0.25) is 4.79 Å². The molecule has 0 bridgehead atoms. The van der Waals surface area contributed by atoms with E-state index in [0.29, 0.717) is 5.56 Å². The van der Waals surface area contributed by atoms with Crippen LogP contribution < -0.4 is 10.1 Å². The number of nitrogens with one attached hydrogen (secondary N) is 1. The van der Waals surface area contributed by atoms with Crippen LogP contribution in [0.15, 0.2) is 66.7 Å². The first-order chi connectivity index (χ1) is 17.8. The summed E-state index contributed by atoms with van der Waals surface area (Å²) < 4.78 is 14.1. The lowest BCUT2D eigenvalue weighted by Gasteiger charge is -2.13. The van der Waals surface area contributed by atoms with Crippen LogP contribution in [0, 0.1) is 13.8 Å². The molecular weight excluding hydrogens is 470 g/mol. The van der Waals surface area contributed by atoms with E-state index < -0.39 is 11.9 Å². The van der Waals surface area contributed by atoms with E-state index in [2.05, 4.69) is 30.0 Å². The van der Waals surface area contributed by atoms with Crippen molar-refractivity contribution in [1.82, 2.24) is 0 Å². The predicted octanol–water partition coefficient (Wildman–Crippen LogP) is 7.28. The first-order valence-corrected chi connectivity index (χ1v) is 12.1. The number of carbonyl (C=O) groups is 3. The van der Waals surface area contributed by atoms with Gasteiger partial charge >= 0.3 is 17.9 Å². The number of carbonyl (C=O) groups excluding carboxylic acids is 3. The minimum absolute atomic E-state index is 0.215. The third kappa shape index (κ3) is 10.6. The minimum Gasteiger partial charge on any atom is -0.465 e. The van der Waals surface area contributed by atoms with E-state index in [9.17, 15) is 14.4 Å². The fourth-order valence-corrected chi connectivity index (χ4v) is 2.90. The summed E-state index contributed by atoms with van der Waals surface area (Å²) in [6.07, 6.45) is 0. The molecule has 3 aromatic rings. The second-order valence-electron chi connectivity index (χ2n) is 6.99. The van der Waals surface area contributed by atoms with E-state index in [1.54, 1.807) is 18.2 Å². The molecule has 0 aliphatic rings. The first-order valence-electron chi connectivity index (χ1n) is 12.1. The highest BCUT2D eigenvalue weighted by Crippen LogP contribution is 2.25. The Morgan fingerprint density at radius 3 is 1.70 bits per heavy atom. The zero-order valence-electron chi connectivity index (χ0n) is 23.3. The maximum Gasteiger partial charge on any atom is 0.341 e. The Bertz CT molecular complexity index is 1140. The molecule has 3 rings (SSSR count). The smallest absolute Gasteiger partial charge is 0.341 e. The Kier molecular flexibility index (Phi) is 16.2. The molecule has 0 saturated carbocycles.